The Labute approximate surface area is 117 Å². The second kappa shape index (κ2) is 5.71. The molecular weight excluding hydrogens is 296 g/mol. The summed E-state index contributed by atoms with van der Waals surface area (Å²) in [6, 6.07) is 8.54. The van der Waals surface area contributed by atoms with Crippen LogP contribution in [-0.4, -0.2) is 0 Å². The predicted octanol–water partition coefficient (Wildman–Crippen LogP) is 5.08. The van der Waals surface area contributed by atoms with Gasteiger partial charge in [0.25, 0.3) is 0 Å². The van der Waals surface area contributed by atoms with Gasteiger partial charge in [-0.2, -0.15) is 13.2 Å². The van der Waals surface area contributed by atoms with Gasteiger partial charge in [-0.05, 0) is 35.9 Å². The number of ether oxygens (including phenoxy) is 1. The van der Waals surface area contributed by atoms with Crippen LogP contribution in [0.3, 0.4) is 0 Å². The summed E-state index contributed by atoms with van der Waals surface area (Å²) in [7, 11) is 0. The molecule has 20 heavy (non-hydrogen) atoms. The van der Waals surface area contributed by atoms with Crippen LogP contribution in [0.4, 0.5) is 17.6 Å². The van der Waals surface area contributed by atoms with Gasteiger partial charge in [-0.3, -0.25) is 0 Å². The number of hydrogen-bond acceptors (Lipinski definition) is 1. The molecule has 2 aromatic carbocycles. The van der Waals surface area contributed by atoms with Gasteiger partial charge in [0.2, 0.25) is 0 Å². The highest BCUT2D eigenvalue weighted by atomic mass is 35.5. The molecule has 2 aromatic rings. The zero-order chi connectivity index (χ0) is 14.8. The molecule has 0 amide bonds. The second-order valence-electron chi connectivity index (χ2n) is 4.06. The summed E-state index contributed by atoms with van der Waals surface area (Å²) in [6.07, 6.45) is -4.45. The summed E-state index contributed by atoms with van der Waals surface area (Å²) in [5.41, 5.74) is -0.290. The first-order chi connectivity index (χ1) is 9.36. The molecule has 0 bridgehead atoms. The fourth-order valence-corrected chi connectivity index (χ4v) is 1.82. The number of hydrogen-bond donors (Lipinski definition) is 0. The second-order valence-corrected chi connectivity index (χ2v) is 4.47. The number of alkyl halides is 3. The van der Waals surface area contributed by atoms with Crippen LogP contribution in [0.2, 0.25) is 5.02 Å². The van der Waals surface area contributed by atoms with Gasteiger partial charge in [0.05, 0.1) is 10.6 Å². The van der Waals surface area contributed by atoms with E-state index in [0.717, 1.165) is 18.2 Å². The summed E-state index contributed by atoms with van der Waals surface area (Å²) in [5.74, 6) is -0.298. The highest BCUT2D eigenvalue weighted by Gasteiger charge is 2.31. The number of benzene rings is 2. The van der Waals surface area contributed by atoms with Crippen molar-refractivity contribution in [1.29, 1.82) is 0 Å². The van der Waals surface area contributed by atoms with Crippen molar-refractivity contribution < 1.29 is 22.3 Å². The van der Waals surface area contributed by atoms with Crippen molar-refractivity contribution in [3.63, 3.8) is 0 Å². The SMILES string of the molecule is Fc1cccc(COc2ccc(C(F)(F)F)cc2Cl)c1. The molecule has 0 aliphatic heterocycles. The Bertz CT molecular complexity index is 610. The Kier molecular flexibility index (Phi) is 4.18. The maximum Gasteiger partial charge on any atom is 0.416 e. The van der Waals surface area contributed by atoms with Gasteiger partial charge in [-0.15, -0.1) is 0 Å². The third-order valence-corrected chi connectivity index (χ3v) is 2.84. The minimum absolute atomic E-state index is 0.0167. The van der Waals surface area contributed by atoms with Gasteiger partial charge < -0.3 is 4.74 Å². The Hall–Kier alpha value is -1.75. The first-order valence-corrected chi connectivity index (χ1v) is 5.98. The standard InChI is InChI=1S/C14H9ClF4O/c15-12-7-10(14(17,18)19)4-5-13(12)20-8-9-2-1-3-11(16)6-9/h1-7H,8H2. The number of halogens is 5. The minimum atomic E-state index is -4.45. The van der Waals surface area contributed by atoms with Gasteiger partial charge in [0.1, 0.15) is 18.2 Å². The van der Waals surface area contributed by atoms with E-state index in [1.807, 2.05) is 0 Å². The van der Waals surface area contributed by atoms with Crippen molar-refractivity contribution in [3.8, 4) is 5.75 Å². The first-order valence-electron chi connectivity index (χ1n) is 5.60. The zero-order valence-electron chi connectivity index (χ0n) is 10.0. The van der Waals surface area contributed by atoms with Crippen molar-refractivity contribution in [3.05, 3.63) is 64.4 Å². The van der Waals surface area contributed by atoms with E-state index in [9.17, 15) is 17.6 Å². The minimum Gasteiger partial charge on any atom is -0.487 e. The van der Waals surface area contributed by atoms with Crippen LogP contribution in [0.5, 0.6) is 5.75 Å². The third-order valence-electron chi connectivity index (χ3n) is 2.54. The lowest BCUT2D eigenvalue weighted by Gasteiger charge is -2.11. The molecule has 0 N–H and O–H groups in total. The summed E-state index contributed by atoms with van der Waals surface area (Å²) >= 11 is 5.73. The maximum absolute atomic E-state index is 12.9. The molecule has 0 aliphatic carbocycles. The zero-order valence-corrected chi connectivity index (χ0v) is 10.8. The van der Waals surface area contributed by atoms with E-state index in [2.05, 4.69) is 0 Å². The molecule has 2 rings (SSSR count). The van der Waals surface area contributed by atoms with Crippen molar-refractivity contribution >= 4 is 11.6 Å². The Morgan fingerprint density at radius 3 is 2.40 bits per heavy atom. The lowest BCUT2D eigenvalue weighted by Crippen LogP contribution is -2.05. The van der Waals surface area contributed by atoms with Crippen molar-refractivity contribution in [2.24, 2.45) is 0 Å². The maximum atomic E-state index is 12.9. The smallest absolute Gasteiger partial charge is 0.416 e. The Morgan fingerprint density at radius 2 is 1.80 bits per heavy atom. The van der Waals surface area contributed by atoms with E-state index < -0.39 is 17.6 Å². The van der Waals surface area contributed by atoms with Gasteiger partial charge in [-0.1, -0.05) is 23.7 Å². The average molecular weight is 305 g/mol. The Morgan fingerprint density at radius 1 is 1.05 bits per heavy atom. The van der Waals surface area contributed by atoms with Crippen LogP contribution >= 0.6 is 11.6 Å². The Balaban J connectivity index is 2.11. The first kappa shape index (κ1) is 14.7. The van der Waals surface area contributed by atoms with Gasteiger partial charge in [0, 0.05) is 0 Å². The van der Waals surface area contributed by atoms with Crippen LogP contribution in [0.15, 0.2) is 42.5 Å². The molecule has 106 valence electrons. The fourth-order valence-electron chi connectivity index (χ4n) is 1.58. The lowest BCUT2D eigenvalue weighted by molar-refractivity contribution is -0.137. The van der Waals surface area contributed by atoms with Crippen molar-refractivity contribution in [2.45, 2.75) is 12.8 Å². The highest BCUT2D eigenvalue weighted by Crippen LogP contribution is 2.34. The van der Waals surface area contributed by atoms with Crippen molar-refractivity contribution in [1.82, 2.24) is 0 Å². The van der Waals surface area contributed by atoms with E-state index in [-0.39, 0.29) is 17.4 Å². The third kappa shape index (κ3) is 3.63. The van der Waals surface area contributed by atoms with E-state index in [1.54, 1.807) is 6.07 Å². The molecule has 0 aromatic heterocycles. The van der Waals surface area contributed by atoms with Crippen LogP contribution in [0, 0.1) is 5.82 Å². The molecule has 1 nitrogen and oxygen atoms in total. The molecule has 0 atom stereocenters. The van der Waals surface area contributed by atoms with E-state index >= 15 is 0 Å². The van der Waals surface area contributed by atoms with Gasteiger partial charge in [-0.25, -0.2) is 4.39 Å². The molecule has 0 heterocycles. The molecule has 0 radical (unpaired) electrons. The largest absolute Gasteiger partial charge is 0.487 e. The molecule has 0 saturated heterocycles. The van der Waals surface area contributed by atoms with Gasteiger partial charge >= 0.3 is 6.18 Å². The summed E-state index contributed by atoms with van der Waals surface area (Å²) < 4.78 is 55.6. The van der Waals surface area contributed by atoms with Crippen LogP contribution in [-0.2, 0) is 12.8 Å². The van der Waals surface area contributed by atoms with Crippen LogP contribution in [0.1, 0.15) is 11.1 Å². The highest BCUT2D eigenvalue weighted by molar-refractivity contribution is 6.32. The van der Waals surface area contributed by atoms with E-state index in [0.29, 0.717) is 5.56 Å². The van der Waals surface area contributed by atoms with Crippen LogP contribution < -0.4 is 4.74 Å². The molecule has 0 spiro atoms. The fraction of sp³-hybridized carbons (Fsp3) is 0.143. The molecule has 0 aliphatic rings. The normalized spacial score (nSPS) is 11.4. The average Bonchev–Trinajstić information content (AvgIpc) is 2.36. The molecule has 0 saturated carbocycles. The summed E-state index contributed by atoms with van der Waals surface area (Å²) in [4.78, 5) is 0. The van der Waals surface area contributed by atoms with Gasteiger partial charge in [0.15, 0.2) is 0 Å². The number of rotatable bonds is 3. The molecule has 0 unspecified atom stereocenters. The predicted molar refractivity (Wildman–Crippen MR) is 67.2 cm³/mol. The van der Waals surface area contributed by atoms with E-state index in [1.165, 1.54) is 18.2 Å². The van der Waals surface area contributed by atoms with E-state index in [4.69, 9.17) is 16.3 Å². The topological polar surface area (TPSA) is 9.23 Å². The monoisotopic (exact) mass is 304 g/mol. The summed E-state index contributed by atoms with van der Waals surface area (Å²) in [5, 5.41) is -0.142. The van der Waals surface area contributed by atoms with Crippen molar-refractivity contribution in [2.75, 3.05) is 0 Å². The lowest BCUT2D eigenvalue weighted by atomic mass is 10.2. The molecule has 0 fully saturated rings. The van der Waals surface area contributed by atoms with Crippen LogP contribution in [0.25, 0.3) is 0 Å². The molecular formula is C14H9ClF4O. The quantitative estimate of drug-likeness (QED) is 0.719. The summed E-state index contributed by atoms with van der Waals surface area (Å²) in [6.45, 7) is 0.0167. The molecule has 6 heteroatoms.